The molecular formula is C15H24N2O6. The molecule has 0 radical (unpaired) electrons. The number of rotatable bonds is 2. The molecule has 0 spiro atoms. The summed E-state index contributed by atoms with van der Waals surface area (Å²) in [5.41, 5.74) is -2.98. The minimum Gasteiger partial charge on any atom is -0.468 e. The predicted octanol–water partition coefficient (Wildman–Crippen LogP) is 0.159. The molecule has 2 saturated heterocycles. The highest BCUT2D eigenvalue weighted by Gasteiger charge is 2.71. The van der Waals surface area contributed by atoms with E-state index in [1.165, 1.54) is 19.1 Å². The van der Waals surface area contributed by atoms with E-state index in [-0.39, 0.29) is 26.2 Å². The van der Waals surface area contributed by atoms with Gasteiger partial charge in [0.2, 0.25) is 0 Å². The van der Waals surface area contributed by atoms with Gasteiger partial charge in [-0.1, -0.05) is 0 Å². The molecule has 2 fully saturated rings. The summed E-state index contributed by atoms with van der Waals surface area (Å²) in [7, 11) is 2.54. The fourth-order valence-electron chi connectivity index (χ4n) is 3.46. The monoisotopic (exact) mass is 328 g/mol. The van der Waals surface area contributed by atoms with Crippen LogP contribution in [-0.2, 0) is 23.8 Å². The smallest absolute Gasteiger partial charge is 0.410 e. The van der Waals surface area contributed by atoms with Crippen LogP contribution in [-0.4, -0.2) is 68.9 Å². The lowest BCUT2D eigenvalue weighted by atomic mass is 9.68. The highest BCUT2D eigenvalue weighted by molar-refractivity contribution is 5.92. The van der Waals surface area contributed by atoms with Crippen molar-refractivity contribution in [1.82, 2.24) is 10.2 Å². The maximum atomic E-state index is 12.4. The fraction of sp³-hybridized carbons (Fsp3) is 0.800. The van der Waals surface area contributed by atoms with Crippen molar-refractivity contribution >= 4 is 18.0 Å². The maximum absolute atomic E-state index is 12.4. The van der Waals surface area contributed by atoms with E-state index < -0.39 is 34.5 Å². The van der Waals surface area contributed by atoms with Gasteiger partial charge >= 0.3 is 18.0 Å². The number of ether oxygens (including phenoxy) is 3. The minimum atomic E-state index is -1.16. The predicted molar refractivity (Wildman–Crippen MR) is 79.6 cm³/mol. The third kappa shape index (κ3) is 2.65. The molecule has 2 heterocycles. The lowest BCUT2D eigenvalue weighted by molar-refractivity contribution is -0.168. The molecule has 23 heavy (non-hydrogen) atoms. The number of hydrogen-bond acceptors (Lipinski definition) is 7. The van der Waals surface area contributed by atoms with Crippen molar-refractivity contribution in [2.24, 2.45) is 10.8 Å². The molecule has 130 valence electrons. The number of methoxy groups -OCH3 is 2. The number of amides is 1. The topological polar surface area (TPSA) is 94.2 Å². The lowest BCUT2D eigenvalue weighted by Crippen LogP contribution is -2.52. The highest BCUT2D eigenvalue weighted by atomic mass is 16.6. The molecule has 2 aliphatic heterocycles. The first-order chi connectivity index (χ1) is 10.6. The number of hydrogen-bond donors (Lipinski definition) is 1. The van der Waals surface area contributed by atoms with Gasteiger partial charge in [0, 0.05) is 26.2 Å². The number of carbonyl (C=O) groups is 3. The number of esters is 2. The third-order valence-electron chi connectivity index (χ3n) is 4.50. The summed E-state index contributed by atoms with van der Waals surface area (Å²) in [5, 5.41) is 3.06. The molecule has 0 saturated carbocycles. The molecule has 0 bridgehead atoms. The van der Waals surface area contributed by atoms with Crippen LogP contribution in [0.25, 0.3) is 0 Å². The molecule has 1 N–H and O–H groups in total. The van der Waals surface area contributed by atoms with Crippen LogP contribution < -0.4 is 5.32 Å². The molecule has 1 amide bonds. The van der Waals surface area contributed by atoms with Crippen LogP contribution >= 0.6 is 0 Å². The van der Waals surface area contributed by atoms with Crippen molar-refractivity contribution in [1.29, 1.82) is 0 Å². The van der Waals surface area contributed by atoms with Crippen molar-refractivity contribution in [3.63, 3.8) is 0 Å². The number of likely N-dealkylation sites (tertiary alicyclic amines) is 1. The van der Waals surface area contributed by atoms with Gasteiger partial charge in [-0.15, -0.1) is 0 Å². The summed E-state index contributed by atoms with van der Waals surface area (Å²) in [4.78, 5) is 38.7. The Kier molecular flexibility index (Phi) is 4.32. The van der Waals surface area contributed by atoms with Crippen molar-refractivity contribution < 1.29 is 28.6 Å². The summed E-state index contributed by atoms with van der Waals surface area (Å²) in [6, 6.07) is 0. The van der Waals surface area contributed by atoms with Gasteiger partial charge in [0.15, 0.2) is 0 Å². The quantitative estimate of drug-likeness (QED) is 0.570. The van der Waals surface area contributed by atoms with Gasteiger partial charge in [0.05, 0.1) is 14.2 Å². The molecule has 2 atom stereocenters. The van der Waals surface area contributed by atoms with E-state index >= 15 is 0 Å². The number of nitrogens with one attached hydrogen (secondary N) is 1. The molecule has 2 aliphatic rings. The van der Waals surface area contributed by atoms with Crippen molar-refractivity contribution in [3.8, 4) is 0 Å². The standard InChI is InChI=1S/C15H24N2O6/c1-13(2,3)23-12(20)17-8-14(10(18)21-4)6-16-7-15(14,9-17)11(19)22-5/h16H,6-9H2,1-5H3/t14-,15-/m0/s1. The van der Waals surface area contributed by atoms with Crippen LogP contribution in [0.2, 0.25) is 0 Å². The van der Waals surface area contributed by atoms with Gasteiger partial charge in [-0.25, -0.2) is 4.79 Å². The molecule has 2 rings (SSSR count). The lowest BCUT2D eigenvalue weighted by Gasteiger charge is -2.32. The van der Waals surface area contributed by atoms with Gasteiger partial charge in [-0.2, -0.15) is 0 Å². The van der Waals surface area contributed by atoms with Crippen LogP contribution in [0.3, 0.4) is 0 Å². The summed E-state index contributed by atoms with van der Waals surface area (Å²) < 4.78 is 15.2. The Morgan fingerprint density at radius 2 is 1.39 bits per heavy atom. The highest BCUT2D eigenvalue weighted by Crippen LogP contribution is 2.51. The molecule has 0 aromatic rings. The zero-order valence-corrected chi connectivity index (χ0v) is 14.2. The van der Waals surface area contributed by atoms with E-state index in [0.29, 0.717) is 0 Å². The SMILES string of the molecule is COC(=O)[C@@]12CNC[C@@]1(C(=O)OC)CN(C(=O)OC(C)(C)C)C2. The maximum Gasteiger partial charge on any atom is 0.410 e. The summed E-state index contributed by atoms with van der Waals surface area (Å²) >= 11 is 0. The Morgan fingerprint density at radius 1 is 0.957 bits per heavy atom. The van der Waals surface area contributed by atoms with Crippen molar-refractivity contribution in [2.45, 2.75) is 26.4 Å². The average molecular weight is 328 g/mol. The Hall–Kier alpha value is -1.83. The van der Waals surface area contributed by atoms with Crippen LogP contribution in [0.15, 0.2) is 0 Å². The van der Waals surface area contributed by atoms with Crippen molar-refractivity contribution in [3.05, 3.63) is 0 Å². The largest absolute Gasteiger partial charge is 0.468 e. The van der Waals surface area contributed by atoms with Crippen LogP contribution in [0, 0.1) is 10.8 Å². The second kappa shape index (κ2) is 5.67. The van der Waals surface area contributed by atoms with Gasteiger partial charge in [-0.05, 0) is 20.8 Å². The Morgan fingerprint density at radius 3 is 1.74 bits per heavy atom. The Balaban J connectivity index is 2.37. The van der Waals surface area contributed by atoms with Crippen LogP contribution in [0.4, 0.5) is 4.79 Å². The zero-order chi connectivity index (χ0) is 17.5. The fourth-order valence-corrected chi connectivity index (χ4v) is 3.46. The van der Waals surface area contributed by atoms with E-state index in [1.807, 2.05) is 0 Å². The van der Waals surface area contributed by atoms with Crippen molar-refractivity contribution in [2.75, 3.05) is 40.4 Å². The molecule has 0 aliphatic carbocycles. The second-order valence-electron chi connectivity index (χ2n) is 7.09. The number of carbonyl (C=O) groups excluding carboxylic acids is 3. The van der Waals surface area contributed by atoms with Gasteiger partial charge in [0.1, 0.15) is 16.4 Å². The van der Waals surface area contributed by atoms with Crippen LogP contribution in [0.1, 0.15) is 20.8 Å². The summed E-state index contributed by atoms with van der Waals surface area (Å²) in [6.45, 7) is 5.87. The van der Waals surface area contributed by atoms with Gasteiger partial charge in [0.25, 0.3) is 0 Å². The van der Waals surface area contributed by atoms with Crippen LogP contribution in [0.5, 0.6) is 0 Å². The minimum absolute atomic E-state index is 0.0523. The Labute approximate surface area is 135 Å². The van der Waals surface area contributed by atoms with E-state index in [9.17, 15) is 14.4 Å². The first-order valence-corrected chi connectivity index (χ1v) is 7.47. The van der Waals surface area contributed by atoms with E-state index in [1.54, 1.807) is 20.8 Å². The molecule has 8 nitrogen and oxygen atoms in total. The summed E-state index contributed by atoms with van der Waals surface area (Å²) in [6.07, 6.45) is -0.557. The van der Waals surface area contributed by atoms with Gasteiger partial charge < -0.3 is 24.4 Å². The first kappa shape index (κ1) is 17.5. The average Bonchev–Trinajstić information content (AvgIpc) is 2.97. The molecular weight excluding hydrogens is 304 g/mol. The second-order valence-corrected chi connectivity index (χ2v) is 7.09. The Bertz CT molecular complexity index is 497. The number of nitrogens with zero attached hydrogens (tertiary/aromatic N) is 1. The van der Waals surface area contributed by atoms with E-state index in [4.69, 9.17) is 14.2 Å². The molecule has 8 heteroatoms. The molecule has 0 unspecified atom stereocenters. The summed E-state index contributed by atoms with van der Waals surface area (Å²) in [5.74, 6) is -1.06. The van der Waals surface area contributed by atoms with E-state index in [2.05, 4.69) is 5.32 Å². The zero-order valence-electron chi connectivity index (χ0n) is 14.2. The van der Waals surface area contributed by atoms with Gasteiger partial charge in [-0.3, -0.25) is 9.59 Å². The van der Waals surface area contributed by atoms with E-state index in [0.717, 1.165) is 0 Å². The third-order valence-corrected chi connectivity index (χ3v) is 4.50. The number of fused-ring (bicyclic) bond motifs is 1. The normalized spacial score (nSPS) is 29.9. The molecule has 0 aromatic carbocycles. The first-order valence-electron chi connectivity index (χ1n) is 7.47. The molecule has 0 aromatic heterocycles.